The van der Waals surface area contributed by atoms with Crippen LogP contribution in [0.3, 0.4) is 0 Å². The lowest BCUT2D eigenvalue weighted by Gasteiger charge is -2.10. The molecule has 0 saturated carbocycles. The Bertz CT molecular complexity index is 262. The Morgan fingerprint density at radius 2 is 2.30 bits per heavy atom. The van der Waals surface area contributed by atoms with Gasteiger partial charge in [0.05, 0.1) is 0 Å². The first-order chi connectivity index (χ1) is 4.88. The molecule has 1 aliphatic heterocycles. The topological polar surface area (TPSA) is 50.8 Å². The van der Waals surface area contributed by atoms with Crippen molar-refractivity contribution in [2.75, 3.05) is 0 Å². The van der Waals surface area contributed by atoms with E-state index in [4.69, 9.17) is 10.5 Å². The summed E-state index contributed by atoms with van der Waals surface area (Å²) in [6, 6.07) is 1.92. The SMILES string of the molecule is N#CC1=CCC=CN1C#N. The summed E-state index contributed by atoms with van der Waals surface area (Å²) in [5.41, 5.74) is 0.407. The zero-order chi connectivity index (χ0) is 7.40. The van der Waals surface area contributed by atoms with Gasteiger partial charge in [0.25, 0.3) is 0 Å². The van der Waals surface area contributed by atoms with Crippen molar-refractivity contribution in [3.8, 4) is 12.3 Å². The van der Waals surface area contributed by atoms with Crippen molar-refractivity contribution >= 4 is 0 Å². The second-order valence-electron chi connectivity index (χ2n) is 1.79. The van der Waals surface area contributed by atoms with Crippen molar-refractivity contribution in [2.45, 2.75) is 6.42 Å². The number of rotatable bonds is 0. The predicted molar refractivity (Wildman–Crippen MR) is 34.9 cm³/mol. The summed E-state index contributed by atoms with van der Waals surface area (Å²) < 4.78 is 0. The van der Waals surface area contributed by atoms with Gasteiger partial charge < -0.3 is 0 Å². The molecule has 0 amide bonds. The summed E-state index contributed by atoms with van der Waals surface area (Å²) in [5.74, 6) is 0. The molecule has 1 heterocycles. The first kappa shape index (κ1) is 6.38. The van der Waals surface area contributed by atoms with Gasteiger partial charge in [-0.2, -0.15) is 10.5 Å². The molecule has 3 nitrogen and oxygen atoms in total. The number of hydrogen-bond acceptors (Lipinski definition) is 3. The molecule has 48 valence electrons. The van der Waals surface area contributed by atoms with E-state index in [0.717, 1.165) is 6.42 Å². The standard InChI is InChI=1S/C7H5N3/c8-5-7-3-1-2-4-10(7)6-9/h2-4H,1H2. The summed E-state index contributed by atoms with van der Waals surface area (Å²) in [6.45, 7) is 0. The van der Waals surface area contributed by atoms with Crippen LogP contribution in [0.4, 0.5) is 0 Å². The fourth-order valence-corrected chi connectivity index (χ4v) is 0.711. The largest absolute Gasteiger partial charge is 0.245 e. The van der Waals surface area contributed by atoms with Gasteiger partial charge in [0.2, 0.25) is 0 Å². The molecule has 0 fully saturated rings. The fraction of sp³-hybridized carbons (Fsp3) is 0.143. The zero-order valence-electron chi connectivity index (χ0n) is 5.28. The summed E-state index contributed by atoms with van der Waals surface area (Å²) >= 11 is 0. The molecule has 0 saturated heterocycles. The Balaban J connectivity index is 2.84. The van der Waals surface area contributed by atoms with E-state index in [1.54, 1.807) is 12.3 Å². The van der Waals surface area contributed by atoms with Crippen molar-refractivity contribution in [1.82, 2.24) is 4.90 Å². The maximum atomic E-state index is 8.45. The average Bonchev–Trinajstić information content (AvgIpc) is 2.04. The molecule has 0 spiro atoms. The molecule has 0 aliphatic carbocycles. The summed E-state index contributed by atoms with van der Waals surface area (Å²) in [7, 11) is 0. The van der Waals surface area contributed by atoms with E-state index in [-0.39, 0.29) is 0 Å². The quantitative estimate of drug-likeness (QED) is 0.462. The molecular formula is C7H5N3. The van der Waals surface area contributed by atoms with Crippen LogP contribution in [-0.2, 0) is 0 Å². The molecular weight excluding hydrogens is 126 g/mol. The zero-order valence-corrected chi connectivity index (χ0v) is 5.28. The van der Waals surface area contributed by atoms with E-state index in [1.165, 1.54) is 4.90 Å². The van der Waals surface area contributed by atoms with Crippen LogP contribution in [-0.4, -0.2) is 4.90 Å². The first-order valence-electron chi connectivity index (χ1n) is 2.84. The van der Waals surface area contributed by atoms with E-state index in [2.05, 4.69) is 0 Å². The van der Waals surface area contributed by atoms with E-state index in [9.17, 15) is 0 Å². The van der Waals surface area contributed by atoms with Gasteiger partial charge in [-0.05, 0) is 12.5 Å². The number of allylic oxidation sites excluding steroid dienone is 3. The second kappa shape index (κ2) is 2.70. The molecule has 0 bridgehead atoms. The third kappa shape index (κ3) is 0.985. The molecule has 1 aliphatic rings. The average molecular weight is 131 g/mol. The molecule has 0 aromatic heterocycles. The number of hydrogen-bond donors (Lipinski definition) is 0. The van der Waals surface area contributed by atoms with Gasteiger partial charge in [0.1, 0.15) is 11.8 Å². The van der Waals surface area contributed by atoms with Crippen LogP contribution in [0.2, 0.25) is 0 Å². The smallest absolute Gasteiger partial charge is 0.189 e. The van der Waals surface area contributed by atoms with Crippen LogP contribution in [0.5, 0.6) is 0 Å². The van der Waals surface area contributed by atoms with Crippen molar-refractivity contribution in [3.05, 3.63) is 24.0 Å². The molecule has 3 heteroatoms. The van der Waals surface area contributed by atoms with Gasteiger partial charge in [-0.15, -0.1) is 0 Å². The van der Waals surface area contributed by atoms with Crippen molar-refractivity contribution in [3.63, 3.8) is 0 Å². The molecule has 1 rings (SSSR count). The second-order valence-corrected chi connectivity index (χ2v) is 1.79. The van der Waals surface area contributed by atoms with E-state index >= 15 is 0 Å². The van der Waals surface area contributed by atoms with Gasteiger partial charge in [-0.1, -0.05) is 6.08 Å². The number of nitrogens with zero attached hydrogens (tertiary/aromatic N) is 3. The van der Waals surface area contributed by atoms with Crippen LogP contribution < -0.4 is 0 Å². The van der Waals surface area contributed by atoms with Gasteiger partial charge in [0.15, 0.2) is 6.19 Å². The number of nitriles is 2. The van der Waals surface area contributed by atoms with Gasteiger partial charge in [0, 0.05) is 6.20 Å². The molecule has 0 atom stereocenters. The third-order valence-corrected chi connectivity index (χ3v) is 1.18. The minimum atomic E-state index is 0.407. The highest BCUT2D eigenvalue weighted by molar-refractivity contribution is 5.28. The minimum absolute atomic E-state index is 0.407. The molecule has 0 radical (unpaired) electrons. The Hall–Kier alpha value is -1.74. The highest BCUT2D eigenvalue weighted by Crippen LogP contribution is 2.09. The maximum Gasteiger partial charge on any atom is 0.189 e. The van der Waals surface area contributed by atoms with E-state index in [0.29, 0.717) is 5.70 Å². The van der Waals surface area contributed by atoms with Crippen LogP contribution >= 0.6 is 0 Å². The first-order valence-corrected chi connectivity index (χ1v) is 2.84. The predicted octanol–water partition coefficient (Wildman–Crippen LogP) is 1.09. The van der Waals surface area contributed by atoms with Crippen LogP contribution in [0.1, 0.15) is 6.42 Å². The Morgan fingerprint density at radius 1 is 1.50 bits per heavy atom. The van der Waals surface area contributed by atoms with Crippen LogP contribution in [0, 0.1) is 22.8 Å². The van der Waals surface area contributed by atoms with E-state index < -0.39 is 0 Å². The summed E-state index contributed by atoms with van der Waals surface area (Å²) in [5, 5.41) is 16.9. The van der Waals surface area contributed by atoms with Gasteiger partial charge >= 0.3 is 0 Å². The Labute approximate surface area is 59.1 Å². The summed E-state index contributed by atoms with van der Waals surface area (Å²) in [6.07, 6.45) is 7.73. The van der Waals surface area contributed by atoms with E-state index in [1.807, 2.05) is 18.3 Å². The molecule has 10 heavy (non-hydrogen) atoms. The van der Waals surface area contributed by atoms with Crippen molar-refractivity contribution in [1.29, 1.82) is 10.5 Å². The highest BCUT2D eigenvalue weighted by Gasteiger charge is 2.05. The molecule has 0 aromatic carbocycles. The summed E-state index contributed by atoms with van der Waals surface area (Å²) in [4.78, 5) is 1.24. The lowest BCUT2D eigenvalue weighted by molar-refractivity contribution is 0.660. The molecule has 0 unspecified atom stereocenters. The monoisotopic (exact) mass is 131 g/mol. The normalized spacial score (nSPS) is 15.4. The van der Waals surface area contributed by atoms with Crippen molar-refractivity contribution in [2.24, 2.45) is 0 Å². The van der Waals surface area contributed by atoms with Gasteiger partial charge in [-0.3, -0.25) is 0 Å². The highest BCUT2D eigenvalue weighted by atomic mass is 15.1. The minimum Gasteiger partial charge on any atom is -0.245 e. The Kier molecular flexibility index (Phi) is 1.72. The lowest BCUT2D eigenvalue weighted by atomic mass is 10.2. The molecule has 0 aromatic rings. The lowest BCUT2D eigenvalue weighted by Crippen LogP contribution is -2.09. The van der Waals surface area contributed by atoms with Crippen molar-refractivity contribution < 1.29 is 0 Å². The van der Waals surface area contributed by atoms with Gasteiger partial charge in [-0.25, -0.2) is 4.90 Å². The molecule has 0 N–H and O–H groups in total. The van der Waals surface area contributed by atoms with Crippen LogP contribution in [0.25, 0.3) is 0 Å². The van der Waals surface area contributed by atoms with Crippen LogP contribution in [0.15, 0.2) is 24.0 Å². The third-order valence-electron chi connectivity index (χ3n) is 1.18. The fourth-order valence-electron chi connectivity index (χ4n) is 0.711. The Morgan fingerprint density at radius 3 is 2.80 bits per heavy atom. The maximum absolute atomic E-state index is 8.45.